The molecule has 0 fully saturated rings. The number of nitrogens with one attached hydrogen (secondary N) is 1. The Kier molecular flexibility index (Phi) is 5.79. The van der Waals surface area contributed by atoms with Crippen LogP contribution in [-0.4, -0.2) is 23.4 Å². The van der Waals surface area contributed by atoms with Gasteiger partial charge in [0.25, 0.3) is 5.91 Å². The molecule has 0 radical (unpaired) electrons. The number of nitro groups is 1. The van der Waals surface area contributed by atoms with Gasteiger partial charge in [0.1, 0.15) is 20.2 Å². The van der Waals surface area contributed by atoms with Gasteiger partial charge >= 0.3 is 11.9 Å². The predicted molar refractivity (Wildman–Crippen MR) is 89.8 cm³/mol. The molecule has 2 rings (SSSR count). The Morgan fingerprint density at radius 3 is 2.80 bits per heavy atom. The molecule has 0 aliphatic rings. The molecule has 0 bridgehead atoms. The highest BCUT2D eigenvalue weighted by atomic mass is 32.2. The van der Waals surface area contributed by atoms with Crippen LogP contribution in [0.5, 0.6) is 0 Å². The number of carbonyl (C=O) groups excluding carboxylic acids is 2. The lowest BCUT2D eigenvalue weighted by atomic mass is 10.3. The van der Waals surface area contributed by atoms with Crippen LogP contribution >= 0.6 is 23.1 Å². The van der Waals surface area contributed by atoms with Crippen LogP contribution < -0.4 is 5.32 Å². The van der Waals surface area contributed by atoms with Gasteiger partial charge in [-0.2, -0.15) is 5.26 Å². The van der Waals surface area contributed by atoms with Crippen LogP contribution in [0, 0.1) is 27.7 Å². The number of esters is 1. The van der Waals surface area contributed by atoms with Crippen LogP contribution in [0.25, 0.3) is 0 Å². The molecule has 0 aliphatic carbocycles. The fourth-order valence-electron chi connectivity index (χ4n) is 1.85. The molecule has 2 heterocycles. The number of nitrogens with zero attached hydrogens (tertiary/aromatic N) is 2. The first-order chi connectivity index (χ1) is 11.9. The lowest BCUT2D eigenvalue weighted by molar-refractivity contribution is -0.402. The Balaban J connectivity index is 2.32. The van der Waals surface area contributed by atoms with Gasteiger partial charge in [0, 0.05) is 0 Å². The molecule has 11 heteroatoms. The summed E-state index contributed by atoms with van der Waals surface area (Å²) in [5.41, 5.74) is 0.510. The molecule has 0 atom stereocenters. The number of amides is 1. The van der Waals surface area contributed by atoms with Crippen molar-refractivity contribution >= 4 is 45.9 Å². The summed E-state index contributed by atoms with van der Waals surface area (Å²) in [6.45, 7) is 3.49. The SMILES string of the molecule is CCOC(=O)c1sc(NC(=O)c2ccc([N+](=O)[O-])o2)c(SC#N)c1C. The Morgan fingerprint density at radius 2 is 2.24 bits per heavy atom. The van der Waals surface area contributed by atoms with Crippen LogP contribution in [0.3, 0.4) is 0 Å². The Labute approximate surface area is 149 Å². The fraction of sp³-hybridized carbons (Fsp3) is 0.214. The van der Waals surface area contributed by atoms with Crippen LogP contribution in [0.1, 0.15) is 32.7 Å². The summed E-state index contributed by atoms with van der Waals surface area (Å²) in [5.74, 6) is -2.11. The van der Waals surface area contributed by atoms with Crippen LogP contribution in [0.4, 0.5) is 10.9 Å². The zero-order valence-corrected chi connectivity index (χ0v) is 14.7. The van der Waals surface area contributed by atoms with Crippen LogP contribution in [0.15, 0.2) is 21.4 Å². The summed E-state index contributed by atoms with van der Waals surface area (Å²) >= 11 is 1.74. The molecule has 2 aromatic rings. The maximum absolute atomic E-state index is 12.2. The second-order valence-corrected chi connectivity index (χ2v) is 6.29. The van der Waals surface area contributed by atoms with E-state index in [0.29, 0.717) is 10.5 Å². The van der Waals surface area contributed by atoms with Crippen molar-refractivity contribution in [2.45, 2.75) is 18.7 Å². The van der Waals surface area contributed by atoms with E-state index in [-0.39, 0.29) is 22.2 Å². The number of carbonyl (C=O) groups is 2. The third-order valence-corrected chi connectivity index (χ3v) is 5.04. The number of ether oxygens (including phenoxy) is 1. The molecule has 1 amide bonds. The van der Waals surface area contributed by atoms with Gasteiger partial charge in [0.05, 0.1) is 17.6 Å². The molecule has 0 unspecified atom stereocenters. The lowest BCUT2D eigenvalue weighted by Crippen LogP contribution is -2.10. The highest BCUT2D eigenvalue weighted by Gasteiger charge is 2.24. The molecular formula is C14H11N3O6S2. The van der Waals surface area contributed by atoms with Gasteiger partial charge in [0.15, 0.2) is 5.76 Å². The third-order valence-electron chi connectivity index (χ3n) is 2.92. The highest BCUT2D eigenvalue weighted by molar-refractivity contribution is 8.04. The number of thioether (sulfide) groups is 1. The first-order valence-electron chi connectivity index (χ1n) is 6.81. The Bertz CT molecular complexity index is 880. The molecule has 130 valence electrons. The highest BCUT2D eigenvalue weighted by Crippen LogP contribution is 2.40. The Hall–Kier alpha value is -2.84. The zero-order valence-electron chi connectivity index (χ0n) is 13.0. The number of anilines is 1. The summed E-state index contributed by atoms with van der Waals surface area (Å²) < 4.78 is 9.78. The topological polar surface area (TPSA) is 135 Å². The van der Waals surface area contributed by atoms with Crippen molar-refractivity contribution in [1.29, 1.82) is 5.26 Å². The number of rotatable bonds is 6. The van der Waals surface area contributed by atoms with E-state index in [4.69, 9.17) is 14.4 Å². The van der Waals surface area contributed by atoms with Crippen molar-refractivity contribution in [3.8, 4) is 5.40 Å². The maximum atomic E-state index is 12.2. The monoisotopic (exact) mass is 381 g/mol. The number of hydrogen-bond acceptors (Lipinski definition) is 9. The van der Waals surface area contributed by atoms with E-state index >= 15 is 0 Å². The maximum Gasteiger partial charge on any atom is 0.433 e. The molecule has 0 aromatic carbocycles. The van der Waals surface area contributed by atoms with Crippen LogP contribution in [0.2, 0.25) is 0 Å². The van der Waals surface area contributed by atoms with Crippen molar-refractivity contribution < 1.29 is 23.7 Å². The number of nitriles is 1. The minimum Gasteiger partial charge on any atom is -0.462 e. The lowest BCUT2D eigenvalue weighted by Gasteiger charge is -2.02. The average Bonchev–Trinajstić information content (AvgIpc) is 3.16. The van der Waals surface area contributed by atoms with Crippen molar-refractivity contribution in [1.82, 2.24) is 0 Å². The zero-order chi connectivity index (χ0) is 18.6. The quantitative estimate of drug-likeness (QED) is 0.264. The van der Waals surface area contributed by atoms with Gasteiger partial charge in [0.2, 0.25) is 0 Å². The molecule has 9 nitrogen and oxygen atoms in total. The van der Waals surface area contributed by atoms with Gasteiger partial charge in [-0.05, 0) is 37.2 Å². The summed E-state index contributed by atoms with van der Waals surface area (Å²) in [7, 11) is 0. The summed E-state index contributed by atoms with van der Waals surface area (Å²) in [5, 5.41) is 24.2. The Morgan fingerprint density at radius 1 is 1.52 bits per heavy atom. The third kappa shape index (κ3) is 3.98. The first kappa shape index (κ1) is 18.5. The predicted octanol–water partition coefficient (Wildman–Crippen LogP) is 3.56. The van der Waals surface area contributed by atoms with E-state index in [1.54, 1.807) is 13.8 Å². The largest absolute Gasteiger partial charge is 0.462 e. The summed E-state index contributed by atoms with van der Waals surface area (Å²) in [4.78, 5) is 34.7. The molecular weight excluding hydrogens is 370 g/mol. The number of thiocyanates is 1. The molecule has 0 spiro atoms. The number of thiophene rings is 1. The van der Waals surface area contributed by atoms with E-state index in [2.05, 4.69) is 5.32 Å². The molecule has 0 saturated heterocycles. The van der Waals surface area contributed by atoms with Crippen molar-refractivity contribution in [2.75, 3.05) is 11.9 Å². The van der Waals surface area contributed by atoms with E-state index in [1.807, 2.05) is 5.40 Å². The summed E-state index contributed by atoms with van der Waals surface area (Å²) in [6.07, 6.45) is 0. The molecule has 0 aliphatic heterocycles. The van der Waals surface area contributed by atoms with E-state index < -0.39 is 22.7 Å². The average molecular weight is 381 g/mol. The number of hydrogen-bond donors (Lipinski definition) is 1. The van der Waals surface area contributed by atoms with E-state index in [1.165, 1.54) is 0 Å². The smallest absolute Gasteiger partial charge is 0.433 e. The molecule has 25 heavy (non-hydrogen) atoms. The van der Waals surface area contributed by atoms with Gasteiger partial charge < -0.3 is 14.5 Å². The van der Waals surface area contributed by atoms with Gasteiger partial charge in [-0.1, -0.05) is 0 Å². The van der Waals surface area contributed by atoms with Crippen molar-refractivity contribution in [2.24, 2.45) is 0 Å². The number of furan rings is 1. The molecule has 0 saturated carbocycles. The minimum absolute atomic E-state index is 0.189. The van der Waals surface area contributed by atoms with Crippen molar-refractivity contribution in [3.05, 3.63) is 38.4 Å². The molecule has 1 N–H and O–H groups in total. The standard InChI is InChI=1S/C14H11N3O6S2/c1-3-22-14(19)11-7(2)10(24-6-15)13(25-11)16-12(18)8-4-5-9(23-8)17(20)21/h4-5H,3H2,1-2H3,(H,16,18). The van der Waals surface area contributed by atoms with Gasteiger partial charge in [-0.25, -0.2) is 4.79 Å². The van der Waals surface area contributed by atoms with Crippen LogP contribution in [-0.2, 0) is 4.74 Å². The summed E-state index contributed by atoms with van der Waals surface area (Å²) in [6, 6.07) is 2.22. The van der Waals surface area contributed by atoms with Gasteiger partial charge in [-0.3, -0.25) is 14.9 Å². The minimum atomic E-state index is -0.762. The fourth-order valence-corrected chi connectivity index (χ4v) is 3.65. The van der Waals surface area contributed by atoms with Crippen molar-refractivity contribution in [3.63, 3.8) is 0 Å². The first-order valence-corrected chi connectivity index (χ1v) is 8.44. The second-order valence-electron chi connectivity index (χ2n) is 4.48. The van der Waals surface area contributed by atoms with E-state index in [9.17, 15) is 19.7 Å². The normalized spacial score (nSPS) is 10.1. The van der Waals surface area contributed by atoms with Gasteiger partial charge in [-0.15, -0.1) is 11.3 Å². The van der Waals surface area contributed by atoms with E-state index in [0.717, 1.165) is 35.2 Å². The molecule has 2 aromatic heterocycles. The second kappa shape index (κ2) is 7.82.